The van der Waals surface area contributed by atoms with E-state index in [1.165, 1.54) is 14.0 Å². The largest absolute Gasteiger partial charge is 0.467 e. The lowest BCUT2D eigenvalue weighted by Gasteiger charge is -2.16. The van der Waals surface area contributed by atoms with Crippen molar-refractivity contribution >= 4 is 11.9 Å². The molecule has 1 atom stereocenters. The van der Waals surface area contributed by atoms with Crippen molar-refractivity contribution in [2.75, 3.05) is 13.7 Å². The molecule has 0 bridgehead atoms. The van der Waals surface area contributed by atoms with E-state index in [9.17, 15) is 9.59 Å². The molecule has 6 heteroatoms. The summed E-state index contributed by atoms with van der Waals surface area (Å²) in [5.74, 6) is -0.738. The number of aromatic nitrogens is 1. The third-order valence-electron chi connectivity index (χ3n) is 2.26. The number of hydrogen-bond donors (Lipinski definition) is 2. The number of methoxy groups -OCH3 is 1. The van der Waals surface area contributed by atoms with Crippen molar-refractivity contribution < 1.29 is 14.3 Å². The van der Waals surface area contributed by atoms with Gasteiger partial charge in [0.2, 0.25) is 5.91 Å². The number of carbonyl (C=O) groups is 2. The van der Waals surface area contributed by atoms with E-state index < -0.39 is 12.0 Å². The van der Waals surface area contributed by atoms with Gasteiger partial charge in [-0.15, -0.1) is 0 Å². The summed E-state index contributed by atoms with van der Waals surface area (Å²) in [4.78, 5) is 26.3. The summed E-state index contributed by atoms with van der Waals surface area (Å²) >= 11 is 0. The fraction of sp³-hybridized carbons (Fsp3) is 0.417. The second-order valence-corrected chi connectivity index (χ2v) is 3.77. The van der Waals surface area contributed by atoms with Gasteiger partial charge in [-0.3, -0.25) is 9.78 Å². The van der Waals surface area contributed by atoms with Crippen molar-refractivity contribution in [1.29, 1.82) is 0 Å². The quantitative estimate of drug-likeness (QED) is 0.687. The van der Waals surface area contributed by atoms with Crippen LogP contribution in [-0.4, -0.2) is 36.6 Å². The fourth-order valence-electron chi connectivity index (χ4n) is 1.44. The Kier molecular flexibility index (Phi) is 5.79. The number of amides is 1. The van der Waals surface area contributed by atoms with Crippen molar-refractivity contribution in [2.24, 2.45) is 0 Å². The Hall–Kier alpha value is -1.95. The van der Waals surface area contributed by atoms with Crippen molar-refractivity contribution in [2.45, 2.75) is 19.5 Å². The lowest BCUT2D eigenvalue weighted by Crippen LogP contribution is -2.46. The van der Waals surface area contributed by atoms with E-state index in [0.717, 1.165) is 5.56 Å². The first-order valence-electron chi connectivity index (χ1n) is 5.58. The molecule has 1 amide bonds. The van der Waals surface area contributed by atoms with E-state index in [2.05, 4.69) is 20.4 Å². The van der Waals surface area contributed by atoms with Crippen molar-refractivity contribution in [3.8, 4) is 0 Å². The van der Waals surface area contributed by atoms with Crippen LogP contribution in [0.15, 0.2) is 24.5 Å². The monoisotopic (exact) mass is 251 g/mol. The molecule has 1 rings (SSSR count). The van der Waals surface area contributed by atoms with E-state index in [4.69, 9.17) is 0 Å². The first-order valence-corrected chi connectivity index (χ1v) is 5.58. The average Bonchev–Trinajstić information content (AvgIpc) is 2.37. The highest BCUT2D eigenvalue weighted by Gasteiger charge is 2.19. The molecule has 98 valence electrons. The minimum absolute atomic E-state index is 0.270. The molecular formula is C12H17N3O3. The predicted octanol–water partition coefficient (Wildman–Crippen LogP) is -0.151. The van der Waals surface area contributed by atoms with Crippen LogP contribution in [0.2, 0.25) is 0 Å². The SMILES string of the molecule is COC(=O)C(CNCc1cccnc1)NC(C)=O. The average molecular weight is 251 g/mol. The van der Waals surface area contributed by atoms with Gasteiger partial charge >= 0.3 is 5.97 Å². The van der Waals surface area contributed by atoms with Crippen LogP contribution in [-0.2, 0) is 20.9 Å². The van der Waals surface area contributed by atoms with Gasteiger partial charge in [0.1, 0.15) is 6.04 Å². The maximum absolute atomic E-state index is 11.4. The second kappa shape index (κ2) is 7.39. The van der Waals surface area contributed by atoms with Gasteiger partial charge in [0.05, 0.1) is 7.11 Å². The molecule has 18 heavy (non-hydrogen) atoms. The Morgan fingerprint density at radius 1 is 1.50 bits per heavy atom. The van der Waals surface area contributed by atoms with Gasteiger partial charge < -0.3 is 15.4 Å². The zero-order valence-corrected chi connectivity index (χ0v) is 10.5. The van der Waals surface area contributed by atoms with Crippen molar-refractivity contribution in [3.63, 3.8) is 0 Å². The second-order valence-electron chi connectivity index (χ2n) is 3.77. The van der Waals surface area contributed by atoms with E-state index in [1.807, 2.05) is 12.1 Å². The van der Waals surface area contributed by atoms with Crippen LogP contribution in [0.1, 0.15) is 12.5 Å². The van der Waals surface area contributed by atoms with Crippen molar-refractivity contribution in [1.82, 2.24) is 15.6 Å². The Morgan fingerprint density at radius 2 is 2.28 bits per heavy atom. The van der Waals surface area contributed by atoms with Crippen LogP contribution < -0.4 is 10.6 Å². The fourth-order valence-corrected chi connectivity index (χ4v) is 1.44. The number of esters is 1. The number of ether oxygens (including phenoxy) is 1. The number of carbonyl (C=O) groups excluding carboxylic acids is 2. The molecule has 0 aromatic carbocycles. The molecule has 6 nitrogen and oxygen atoms in total. The molecule has 1 heterocycles. The Morgan fingerprint density at radius 3 is 2.83 bits per heavy atom. The topological polar surface area (TPSA) is 80.3 Å². The lowest BCUT2D eigenvalue weighted by molar-refractivity contribution is -0.144. The molecule has 0 saturated carbocycles. The molecule has 0 radical (unpaired) electrons. The molecule has 0 spiro atoms. The van der Waals surface area contributed by atoms with Crippen LogP contribution in [0.5, 0.6) is 0 Å². The van der Waals surface area contributed by atoms with Crippen LogP contribution in [0, 0.1) is 0 Å². The lowest BCUT2D eigenvalue weighted by atomic mass is 10.2. The van der Waals surface area contributed by atoms with Gasteiger partial charge in [0.15, 0.2) is 0 Å². The van der Waals surface area contributed by atoms with Gasteiger partial charge in [-0.1, -0.05) is 6.07 Å². The van der Waals surface area contributed by atoms with E-state index in [0.29, 0.717) is 13.1 Å². The smallest absolute Gasteiger partial charge is 0.329 e. The molecular weight excluding hydrogens is 234 g/mol. The van der Waals surface area contributed by atoms with E-state index in [1.54, 1.807) is 12.4 Å². The maximum atomic E-state index is 11.4. The molecule has 0 fully saturated rings. The number of hydrogen-bond acceptors (Lipinski definition) is 5. The summed E-state index contributed by atoms with van der Waals surface area (Å²) in [6, 6.07) is 3.08. The Labute approximate surface area is 106 Å². The highest BCUT2D eigenvalue weighted by Crippen LogP contribution is 1.95. The van der Waals surface area contributed by atoms with Crippen LogP contribution in [0.25, 0.3) is 0 Å². The summed E-state index contributed by atoms with van der Waals surface area (Å²) in [6.07, 6.45) is 3.43. The van der Waals surface area contributed by atoms with Crippen LogP contribution in [0.4, 0.5) is 0 Å². The first-order chi connectivity index (χ1) is 8.63. The highest BCUT2D eigenvalue weighted by molar-refractivity contribution is 5.83. The van der Waals surface area contributed by atoms with Crippen LogP contribution in [0.3, 0.4) is 0 Å². The maximum Gasteiger partial charge on any atom is 0.329 e. The zero-order chi connectivity index (χ0) is 13.4. The minimum atomic E-state index is -0.677. The van der Waals surface area contributed by atoms with E-state index in [-0.39, 0.29) is 5.91 Å². The molecule has 2 N–H and O–H groups in total. The number of nitrogens with zero attached hydrogens (tertiary/aromatic N) is 1. The molecule has 1 aromatic heterocycles. The normalized spacial score (nSPS) is 11.7. The Balaban J connectivity index is 2.42. The number of rotatable bonds is 6. The standard InChI is InChI=1S/C12H17N3O3/c1-9(16)15-11(12(17)18-2)8-14-7-10-4-3-5-13-6-10/h3-6,11,14H,7-8H2,1-2H3,(H,15,16). The molecule has 1 aromatic rings. The minimum Gasteiger partial charge on any atom is -0.467 e. The van der Waals surface area contributed by atoms with Gasteiger partial charge in [-0.05, 0) is 11.6 Å². The molecule has 1 unspecified atom stereocenters. The Bertz CT molecular complexity index is 395. The summed E-state index contributed by atoms with van der Waals surface area (Å²) in [7, 11) is 1.29. The van der Waals surface area contributed by atoms with Crippen molar-refractivity contribution in [3.05, 3.63) is 30.1 Å². The molecule has 0 aliphatic carbocycles. The third kappa shape index (κ3) is 4.92. The van der Waals surface area contributed by atoms with E-state index >= 15 is 0 Å². The zero-order valence-electron chi connectivity index (χ0n) is 10.5. The third-order valence-corrected chi connectivity index (χ3v) is 2.26. The summed E-state index contributed by atoms with van der Waals surface area (Å²) in [6.45, 7) is 2.24. The van der Waals surface area contributed by atoms with Gasteiger partial charge in [0, 0.05) is 32.4 Å². The molecule has 0 aliphatic rings. The summed E-state index contributed by atoms with van der Waals surface area (Å²) < 4.78 is 4.61. The molecule has 0 aliphatic heterocycles. The molecule has 0 saturated heterocycles. The first kappa shape index (κ1) is 14.1. The summed E-state index contributed by atoms with van der Waals surface area (Å²) in [5.41, 5.74) is 1.00. The number of pyridine rings is 1. The van der Waals surface area contributed by atoms with Gasteiger partial charge in [-0.25, -0.2) is 4.79 Å². The highest BCUT2D eigenvalue weighted by atomic mass is 16.5. The summed E-state index contributed by atoms with van der Waals surface area (Å²) in [5, 5.41) is 5.59. The van der Waals surface area contributed by atoms with Gasteiger partial charge in [-0.2, -0.15) is 0 Å². The van der Waals surface area contributed by atoms with Gasteiger partial charge in [0.25, 0.3) is 0 Å². The predicted molar refractivity (Wildman–Crippen MR) is 65.6 cm³/mol. The van der Waals surface area contributed by atoms with Crippen LogP contribution >= 0.6 is 0 Å². The number of nitrogens with one attached hydrogen (secondary N) is 2.